The summed E-state index contributed by atoms with van der Waals surface area (Å²) in [5.41, 5.74) is 0.718. The molecule has 0 rings (SSSR count). The SMILES string of the molecule is C=C(CC)C(C)C([O])=O. The lowest BCUT2D eigenvalue weighted by atomic mass is 10.0. The van der Waals surface area contributed by atoms with E-state index in [-0.39, 0.29) is 0 Å². The molecule has 1 atom stereocenters. The minimum absolute atomic E-state index is 0.505. The van der Waals surface area contributed by atoms with Crippen LogP contribution < -0.4 is 0 Å². The van der Waals surface area contributed by atoms with E-state index in [2.05, 4.69) is 6.58 Å². The van der Waals surface area contributed by atoms with E-state index in [1.165, 1.54) is 0 Å². The maximum atomic E-state index is 10.1. The molecule has 0 saturated carbocycles. The van der Waals surface area contributed by atoms with Crippen LogP contribution in [0, 0.1) is 5.92 Å². The third-order valence-electron chi connectivity index (χ3n) is 1.42. The van der Waals surface area contributed by atoms with Crippen molar-refractivity contribution in [1.29, 1.82) is 0 Å². The van der Waals surface area contributed by atoms with Gasteiger partial charge in [0, 0.05) is 0 Å². The molecule has 0 aliphatic heterocycles. The Balaban J connectivity index is 3.88. The highest BCUT2D eigenvalue weighted by Crippen LogP contribution is 2.10. The summed E-state index contributed by atoms with van der Waals surface area (Å²) in [5.74, 6) is -1.54. The molecule has 0 N–H and O–H groups in total. The van der Waals surface area contributed by atoms with Gasteiger partial charge >= 0.3 is 5.97 Å². The van der Waals surface area contributed by atoms with E-state index >= 15 is 0 Å². The van der Waals surface area contributed by atoms with E-state index in [0.29, 0.717) is 6.42 Å². The van der Waals surface area contributed by atoms with Crippen molar-refractivity contribution in [2.45, 2.75) is 20.3 Å². The fraction of sp³-hybridized carbons (Fsp3) is 0.571. The molecule has 51 valence electrons. The molecule has 0 aliphatic carbocycles. The van der Waals surface area contributed by atoms with Crippen molar-refractivity contribution in [1.82, 2.24) is 0 Å². The van der Waals surface area contributed by atoms with Gasteiger partial charge in [-0.3, -0.25) is 0 Å². The molecule has 0 aliphatic rings. The molecule has 0 fully saturated rings. The zero-order chi connectivity index (χ0) is 7.44. The first-order valence-electron chi connectivity index (χ1n) is 2.98. The summed E-state index contributed by atoms with van der Waals surface area (Å²) in [6.45, 7) is 7.03. The van der Waals surface area contributed by atoms with Gasteiger partial charge < -0.3 is 0 Å². The number of carbonyl (C=O) groups is 1. The van der Waals surface area contributed by atoms with Crippen LogP contribution in [0.25, 0.3) is 0 Å². The number of carbonyl (C=O) groups excluding carboxylic acids is 1. The molecule has 2 nitrogen and oxygen atoms in total. The predicted octanol–water partition coefficient (Wildman–Crippen LogP) is 1.55. The topological polar surface area (TPSA) is 37.0 Å². The molecule has 9 heavy (non-hydrogen) atoms. The minimum atomic E-state index is -1.04. The Labute approximate surface area is 55.2 Å². The van der Waals surface area contributed by atoms with E-state index in [1.54, 1.807) is 6.92 Å². The second kappa shape index (κ2) is 3.28. The maximum Gasteiger partial charge on any atom is 0.362 e. The first-order chi connectivity index (χ1) is 4.09. The average molecular weight is 127 g/mol. The molecule has 0 bridgehead atoms. The summed E-state index contributed by atoms with van der Waals surface area (Å²) in [5, 5.41) is 10.1. The first-order valence-corrected chi connectivity index (χ1v) is 2.98. The molecule has 0 saturated heterocycles. The van der Waals surface area contributed by atoms with Crippen molar-refractivity contribution < 1.29 is 9.90 Å². The van der Waals surface area contributed by atoms with Crippen molar-refractivity contribution in [2.24, 2.45) is 5.92 Å². The van der Waals surface area contributed by atoms with Gasteiger partial charge in [0.25, 0.3) is 0 Å². The van der Waals surface area contributed by atoms with Gasteiger partial charge in [-0.2, -0.15) is 0 Å². The zero-order valence-corrected chi connectivity index (χ0v) is 5.81. The summed E-state index contributed by atoms with van der Waals surface area (Å²) in [6, 6.07) is 0. The highest BCUT2D eigenvalue weighted by atomic mass is 16.4. The molecule has 0 amide bonds. The summed E-state index contributed by atoms with van der Waals surface area (Å²) < 4.78 is 0. The third kappa shape index (κ3) is 2.31. The molecule has 0 aromatic carbocycles. The summed E-state index contributed by atoms with van der Waals surface area (Å²) in [4.78, 5) is 10.1. The van der Waals surface area contributed by atoms with E-state index in [1.807, 2.05) is 6.92 Å². The normalized spacial score (nSPS) is 12.7. The van der Waals surface area contributed by atoms with Gasteiger partial charge in [-0.05, 0) is 13.3 Å². The van der Waals surface area contributed by atoms with Crippen LogP contribution >= 0.6 is 0 Å². The molecule has 0 spiro atoms. The second-order valence-corrected chi connectivity index (χ2v) is 2.05. The number of hydrogen-bond donors (Lipinski definition) is 0. The molecule has 1 unspecified atom stereocenters. The highest BCUT2D eigenvalue weighted by Gasteiger charge is 2.14. The standard InChI is InChI=1S/C7H11O2/c1-4-5(2)6(3)7(8)9/h6H,2,4H2,1,3H3. The summed E-state index contributed by atoms with van der Waals surface area (Å²) >= 11 is 0. The Morgan fingerprint density at radius 3 is 2.22 bits per heavy atom. The summed E-state index contributed by atoms with van der Waals surface area (Å²) in [7, 11) is 0. The van der Waals surface area contributed by atoms with Crippen LogP contribution in [0.2, 0.25) is 0 Å². The van der Waals surface area contributed by atoms with Crippen LogP contribution in [-0.4, -0.2) is 5.97 Å². The van der Waals surface area contributed by atoms with Crippen LogP contribution in [0.4, 0.5) is 0 Å². The molecular formula is C7H11O2. The lowest BCUT2D eigenvalue weighted by Crippen LogP contribution is -2.09. The summed E-state index contributed by atoms with van der Waals surface area (Å²) in [6.07, 6.45) is 0.704. The monoisotopic (exact) mass is 127 g/mol. The van der Waals surface area contributed by atoms with Gasteiger partial charge in [0.05, 0.1) is 5.92 Å². The van der Waals surface area contributed by atoms with Crippen molar-refractivity contribution >= 4 is 5.97 Å². The molecule has 0 heterocycles. The second-order valence-electron chi connectivity index (χ2n) is 2.05. The van der Waals surface area contributed by atoms with Crippen LogP contribution in [0.5, 0.6) is 0 Å². The van der Waals surface area contributed by atoms with Crippen LogP contribution in [0.1, 0.15) is 20.3 Å². The van der Waals surface area contributed by atoms with E-state index in [9.17, 15) is 9.90 Å². The van der Waals surface area contributed by atoms with Crippen molar-refractivity contribution in [3.05, 3.63) is 12.2 Å². The number of rotatable bonds is 3. The van der Waals surface area contributed by atoms with Crippen molar-refractivity contribution in [3.63, 3.8) is 0 Å². The van der Waals surface area contributed by atoms with Crippen LogP contribution in [-0.2, 0) is 9.90 Å². The molecular weight excluding hydrogens is 116 g/mol. The number of hydrogen-bond acceptors (Lipinski definition) is 1. The molecule has 0 aromatic heterocycles. The van der Waals surface area contributed by atoms with Gasteiger partial charge in [-0.15, -0.1) is 0 Å². The Hall–Kier alpha value is -0.790. The van der Waals surface area contributed by atoms with E-state index in [4.69, 9.17) is 0 Å². The van der Waals surface area contributed by atoms with Crippen molar-refractivity contribution in [2.75, 3.05) is 0 Å². The van der Waals surface area contributed by atoms with Crippen molar-refractivity contribution in [3.8, 4) is 0 Å². The molecule has 1 radical (unpaired) electrons. The lowest BCUT2D eigenvalue weighted by molar-refractivity contribution is -0.146. The quantitative estimate of drug-likeness (QED) is 0.530. The Bertz CT molecular complexity index is 127. The van der Waals surface area contributed by atoms with Gasteiger partial charge in [0.1, 0.15) is 0 Å². The van der Waals surface area contributed by atoms with E-state index < -0.39 is 11.9 Å². The van der Waals surface area contributed by atoms with Crippen LogP contribution in [0.3, 0.4) is 0 Å². The largest absolute Gasteiger partial charge is 0.362 e. The Morgan fingerprint density at radius 2 is 2.11 bits per heavy atom. The average Bonchev–Trinajstić information content (AvgIpc) is 1.84. The van der Waals surface area contributed by atoms with Gasteiger partial charge in [-0.1, -0.05) is 19.1 Å². The minimum Gasteiger partial charge on any atom is -0.247 e. The fourth-order valence-electron chi connectivity index (χ4n) is 0.473. The molecule has 2 heteroatoms. The maximum absolute atomic E-state index is 10.1. The fourth-order valence-corrected chi connectivity index (χ4v) is 0.473. The van der Waals surface area contributed by atoms with Gasteiger partial charge in [0.15, 0.2) is 0 Å². The van der Waals surface area contributed by atoms with Gasteiger partial charge in [0.2, 0.25) is 0 Å². The van der Waals surface area contributed by atoms with E-state index in [0.717, 1.165) is 5.57 Å². The van der Waals surface area contributed by atoms with Gasteiger partial charge in [-0.25, -0.2) is 9.90 Å². The lowest BCUT2D eigenvalue weighted by Gasteiger charge is -2.03. The predicted molar refractivity (Wildman–Crippen MR) is 34.3 cm³/mol. The van der Waals surface area contributed by atoms with Crippen LogP contribution in [0.15, 0.2) is 12.2 Å². The third-order valence-corrected chi connectivity index (χ3v) is 1.42. The smallest absolute Gasteiger partial charge is 0.247 e. The Morgan fingerprint density at radius 1 is 1.67 bits per heavy atom. The Kier molecular flexibility index (Phi) is 2.99. The first kappa shape index (κ1) is 8.21. The molecule has 0 aromatic rings. The zero-order valence-electron chi connectivity index (χ0n) is 5.81. The highest BCUT2D eigenvalue weighted by molar-refractivity contribution is 5.72.